The number of rotatable bonds is 1. The Bertz CT molecular complexity index is 430. The van der Waals surface area contributed by atoms with Crippen molar-refractivity contribution in [1.82, 2.24) is 9.97 Å². The molecule has 0 aromatic carbocycles. The minimum atomic E-state index is 0.609. The summed E-state index contributed by atoms with van der Waals surface area (Å²) >= 11 is 3.14. The fraction of sp³-hybridized carbons (Fsp3) is 0.250. The Morgan fingerprint density at radius 3 is 2.54 bits per heavy atom. The molecule has 0 saturated carbocycles. The van der Waals surface area contributed by atoms with Crippen LogP contribution in [0, 0.1) is 13.8 Å². The summed E-state index contributed by atoms with van der Waals surface area (Å²) in [5.41, 5.74) is 7.57. The second-order valence-electron chi connectivity index (χ2n) is 2.72. The smallest absolute Gasteiger partial charge is 0.180 e. The molecule has 0 saturated heterocycles. The van der Waals surface area contributed by atoms with Gasteiger partial charge in [-0.15, -0.1) is 11.3 Å². The fourth-order valence-electron chi connectivity index (χ4n) is 1.12. The molecule has 5 heteroatoms. The molecule has 2 aromatic heterocycles. The minimum absolute atomic E-state index is 0.609. The first-order chi connectivity index (χ1) is 6.16. The Morgan fingerprint density at radius 1 is 1.31 bits per heavy atom. The van der Waals surface area contributed by atoms with Gasteiger partial charge >= 0.3 is 0 Å². The van der Waals surface area contributed by atoms with Crippen molar-refractivity contribution in [2.24, 2.45) is 0 Å². The zero-order chi connectivity index (χ0) is 9.42. The number of nitrogen functional groups attached to an aromatic ring is 1. The lowest BCUT2D eigenvalue weighted by Crippen LogP contribution is -1.81. The van der Waals surface area contributed by atoms with Crippen molar-refractivity contribution in [3.05, 3.63) is 16.1 Å². The molecule has 0 fully saturated rings. The number of aryl methyl sites for hydroxylation is 2. The van der Waals surface area contributed by atoms with Crippen LogP contribution in [0.4, 0.5) is 5.13 Å². The molecule has 2 N–H and O–H groups in total. The van der Waals surface area contributed by atoms with Crippen molar-refractivity contribution in [2.75, 3.05) is 5.73 Å². The SMILES string of the molecule is Cc1nc(-c2sc(N)nc2C)cs1. The fourth-order valence-corrected chi connectivity index (χ4v) is 2.60. The molecule has 0 unspecified atom stereocenters. The Hall–Kier alpha value is -0.940. The maximum Gasteiger partial charge on any atom is 0.180 e. The van der Waals surface area contributed by atoms with Crippen LogP contribution < -0.4 is 5.73 Å². The number of thiazole rings is 2. The van der Waals surface area contributed by atoms with E-state index in [4.69, 9.17) is 5.73 Å². The predicted octanol–water partition coefficient (Wildman–Crippen LogP) is 2.47. The molecule has 0 atom stereocenters. The van der Waals surface area contributed by atoms with E-state index in [0.717, 1.165) is 21.3 Å². The molecule has 2 aromatic rings. The highest BCUT2D eigenvalue weighted by molar-refractivity contribution is 7.19. The summed E-state index contributed by atoms with van der Waals surface area (Å²) < 4.78 is 0. The lowest BCUT2D eigenvalue weighted by molar-refractivity contribution is 1.25. The highest BCUT2D eigenvalue weighted by atomic mass is 32.1. The second-order valence-corrected chi connectivity index (χ2v) is 4.81. The first-order valence-electron chi connectivity index (χ1n) is 3.82. The monoisotopic (exact) mass is 211 g/mol. The van der Waals surface area contributed by atoms with Crippen molar-refractivity contribution >= 4 is 27.8 Å². The van der Waals surface area contributed by atoms with Gasteiger partial charge in [-0.2, -0.15) is 0 Å². The Kier molecular flexibility index (Phi) is 2.05. The predicted molar refractivity (Wildman–Crippen MR) is 57.1 cm³/mol. The maximum atomic E-state index is 5.61. The average molecular weight is 211 g/mol. The number of anilines is 1. The van der Waals surface area contributed by atoms with E-state index in [-0.39, 0.29) is 0 Å². The molecule has 68 valence electrons. The maximum absolute atomic E-state index is 5.61. The molecule has 0 aliphatic heterocycles. The zero-order valence-corrected chi connectivity index (χ0v) is 9.00. The van der Waals surface area contributed by atoms with Gasteiger partial charge in [-0.1, -0.05) is 11.3 Å². The number of hydrogen-bond donors (Lipinski definition) is 1. The van der Waals surface area contributed by atoms with Gasteiger partial charge in [0.25, 0.3) is 0 Å². The van der Waals surface area contributed by atoms with Gasteiger partial charge in [0.2, 0.25) is 0 Å². The lowest BCUT2D eigenvalue weighted by Gasteiger charge is -1.89. The Morgan fingerprint density at radius 2 is 2.08 bits per heavy atom. The molecular formula is C8H9N3S2. The minimum Gasteiger partial charge on any atom is -0.375 e. The second kappa shape index (κ2) is 3.08. The molecule has 0 aliphatic carbocycles. The van der Waals surface area contributed by atoms with Crippen LogP contribution in [-0.2, 0) is 0 Å². The zero-order valence-electron chi connectivity index (χ0n) is 7.37. The average Bonchev–Trinajstić information content (AvgIpc) is 2.58. The van der Waals surface area contributed by atoms with Gasteiger partial charge < -0.3 is 5.73 Å². The standard InChI is InChI=1S/C8H9N3S2/c1-4-7(13-8(9)10-4)6-3-12-5(2)11-6/h3H,1-2H3,(H2,9,10). The van der Waals surface area contributed by atoms with Crippen LogP contribution in [0.15, 0.2) is 5.38 Å². The topological polar surface area (TPSA) is 51.8 Å². The summed E-state index contributed by atoms with van der Waals surface area (Å²) in [7, 11) is 0. The lowest BCUT2D eigenvalue weighted by atomic mass is 10.3. The highest BCUT2D eigenvalue weighted by Crippen LogP contribution is 2.31. The van der Waals surface area contributed by atoms with E-state index in [1.54, 1.807) is 11.3 Å². The van der Waals surface area contributed by atoms with Crippen LogP contribution in [0.25, 0.3) is 10.6 Å². The molecule has 2 heterocycles. The van der Waals surface area contributed by atoms with E-state index in [9.17, 15) is 0 Å². The highest BCUT2D eigenvalue weighted by Gasteiger charge is 2.09. The van der Waals surface area contributed by atoms with E-state index >= 15 is 0 Å². The van der Waals surface area contributed by atoms with E-state index in [1.807, 2.05) is 19.2 Å². The van der Waals surface area contributed by atoms with Gasteiger partial charge in [-0.25, -0.2) is 9.97 Å². The van der Waals surface area contributed by atoms with Gasteiger partial charge in [-0.05, 0) is 13.8 Å². The quantitative estimate of drug-likeness (QED) is 0.788. The number of nitrogens with zero attached hydrogens (tertiary/aromatic N) is 2. The van der Waals surface area contributed by atoms with Gasteiger partial charge in [-0.3, -0.25) is 0 Å². The summed E-state index contributed by atoms with van der Waals surface area (Å²) in [5, 5.41) is 3.72. The summed E-state index contributed by atoms with van der Waals surface area (Å²) in [4.78, 5) is 9.63. The van der Waals surface area contributed by atoms with Crippen LogP contribution in [-0.4, -0.2) is 9.97 Å². The number of aromatic nitrogens is 2. The van der Waals surface area contributed by atoms with Gasteiger partial charge in [0.15, 0.2) is 5.13 Å². The summed E-state index contributed by atoms with van der Waals surface area (Å²) in [5.74, 6) is 0. The van der Waals surface area contributed by atoms with E-state index in [2.05, 4.69) is 9.97 Å². The van der Waals surface area contributed by atoms with Crippen LogP contribution in [0.1, 0.15) is 10.7 Å². The van der Waals surface area contributed by atoms with E-state index < -0.39 is 0 Å². The molecule has 0 bridgehead atoms. The van der Waals surface area contributed by atoms with Gasteiger partial charge in [0.05, 0.1) is 21.3 Å². The molecule has 2 rings (SSSR count). The molecule has 0 radical (unpaired) electrons. The Balaban J connectivity index is 2.51. The molecule has 0 spiro atoms. The summed E-state index contributed by atoms with van der Waals surface area (Å²) in [6, 6.07) is 0. The first kappa shape index (κ1) is 8.65. The molecule has 3 nitrogen and oxygen atoms in total. The van der Waals surface area contributed by atoms with Crippen LogP contribution in [0.3, 0.4) is 0 Å². The van der Waals surface area contributed by atoms with Crippen molar-refractivity contribution in [3.63, 3.8) is 0 Å². The van der Waals surface area contributed by atoms with Crippen molar-refractivity contribution in [3.8, 4) is 10.6 Å². The third kappa shape index (κ3) is 1.57. The van der Waals surface area contributed by atoms with Gasteiger partial charge in [0, 0.05) is 5.38 Å². The summed E-state index contributed by atoms with van der Waals surface area (Å²) in [6.45, 7) is 3.95. The normalized spacial score (nSPS) is 10.6. The van der Waals surface area contributed by atoms with Crippen molar-refractivity contribution in [2.45, 2.75) is 13.8 Å². The third-order valence-electron chi connectivity index (χ3n) is 1.66. The van der Waals surface area contributed by atoms with Crippen molar-refractivity contribution in [1.29, 1.82) is 0 Å². The summed E-state index contributed by atoms with van der Waals surface area (Å²) in [6.07, 6.45) is 0. The van der Waals surface area contributed by atoms with Gasteiger partial charge in [0.1, 0.15) is 0 Å². The molecule has 0 amide bonds. The largest absolute Gasteiger partial charge is 0.375 e. The molecular weight excluding hydrogens is 202 g/mol. The molecule has 13 heavy (non-hydrogen) atoms. The van der Waals surface area contributed by atoms with E-state index in [1.165, 1.54) is 11.3 Å². The van der Waals surface area contributed by atoms with Crippen molar-refractivity contribution < 1.29 is 0 Å². The molecule has 0 aliphatic rings. The number of hydrogen-bond acceptors (Lipinski definition) is 5. The van der Waals surface area contributed by atoms with E-state index in [0.29, 0.717) is 5.13 Å². The first-order valence-corrected chi connectivity index (χ1v) is 5.52. The van der Waals surface area contributed by atoms with Crippen LogP contribution in [0.2, 0.25) is 0 Å². The number of nitrogens with two attached hydrogens (primary N) is 1. The Labute approximate surface area is 84.3 Å². The van der Waals surface area contributed by atoms with Crippen LogP contribution >= 0.6 is 22.7 Å². The van der Waals surface area contributed by atoms with Crippen LogP contribution in [0.5, 0.6) is 0 Å². The third-order valence-corrected chi connectivity index (χ3v) is 3.45.